The number of methoxy groups -OCH3 is 1. The molecule has 1 heteroatoms. The van der Waals surface area contributed by atoms with Crippen molar-refractivity contribution in [3.8, 4) is 5.75 Å². The van der Waals surface area contributed by atoms with Gasteiger partial charge in [-0.25, -0.2) is 0 Å². The summed E-state index contributed by atoms with van der Waals surface area (Å²) in [5.74, 6) is 1.50. The zero-order valence-electron chi connectivity index (χ0n) is 15.6. The van der Waals surface area contributed by atoms with Crippen molar-refractivity contribution in [1.29, 1.82) is 0 Å². The van der Waals surface area contributed by atoms with E-state index in [1.165, 1.54) is 39.0 Å². The monoisotopic (exact) mass is 298 g/mol. The Hall–Kier alpha value is -1.50. The van der Waals surface area contributed by atoms with E-state index in [9.17, 15) is 0 Å². The van der Waals surface area contributed by atoms with Gasteiger partial charge in [0.2, 0.25) is 0 Å². The van der Waals surface area contributed by atoms with Crippen molar-refractivity contribution in [1.82, 2.24) is 0 Å². The van der Waals surface area contributed by atoms with Gasteiger partial charge in [-0.05, 0) is 61.5 Å². The van der Waals surface area contributed by atoms with Gasteiger partial charge in [0.25, 0.3) is 0 Å². The molecule has 22 heavy (non-hydrogen) atoms. The van der Waals surface area contributed by atoms with E-state index in [2.05, 4.69) is 67.5 Å². The molecule has 0 bridgehead atoms. The van der Waals surface area contributed by atoms with Crippen molar-refractivity contribution >= 4 is 5.57 Å². The molecule has 1 unspecified atom stereocenters. The molecule has 1 aromatic carbocycles. The summed E-state index contributed by atoms with van der Waals surface area (Å²) in [5, 5.41) is 0. The Labute approximate surface area is 136 Å². The van der Waals surface area contributed by atoms with Crippen molar-refractivity contribution in [3.63, 3.8) is 0 Å². The molecule has 1 atom stereocenters. The first-order chi connectivity index (χ1) is 10.1. The van der Waals surface area contributed by atoms with Crippen LogP contribution in [0, 0.1) is 12.8 Å². The zero-order chi connectivity index (χ0) is 16.8. The summed E-state index contributed by atoms with van der Waals surface area (Å²) >= 11 is 0. The summed E-state index contributed by atoms with van der Waals surface area (Å²) in [7, 11) is 1.80. The van der Waals surface area contributed by atoms with Crippen LogP contribution in [0.15, 0.2) is 28.9 Å². The maximum absolute atomic E-state index is 5.88. The van der Waals surface area contributed by atoms with Crippen LogP contribution in [0.25, 0.3) is 5.57 Å². The van der Waals surface area contributed by atoms with Gasteiger partial charge in [-0.15, -0.1) is 0 Å². The van der Waals surface area contributed by atoms with E-state index in [0.29, 0.717) is 5.92 Å². The number of allylic oxidation sites excluding steroid dienone is 4. The molecule has 0 N–H and O–H groups in total. The number of hydrogen-bond acceptors (Lipinski definition) is 1. The highest BCUT2D eigenvalue weighted by Gasteiger charge is 2.29. The maximum atomic E-state index is 5.88. The van der Waals surface area contributed by atoms with Crippen molar-refractivity contribution < 1.29 is 4.74 Å². The van der Waals surface area contributed by atoms with Crippen molar-refractivity contribution in [3.05, 3.63) is 45.5 Å². The number of hydrogen-bond donors (Lipinski definition) is 0. The second-order valence-corrected chi connectivity index (χ2v) is 7.71. The maximum Gasteiger partial charge on any atom is 0.130 e. The average Bonchev–Trinajstić information content (AvgIpc) is 2.61. The standard InChI is InChI=1S/C21H30O/c1-12-10-17(19-15(4)13(2)14(3)16(19)5)20(22-9)18(11-12)21(6,7)8/h10-11,15H,1-9H3. The van der Waals surface area contributed by atoms with Crippen LogP contribution >= 0.6 is 0 Å². The third-order valence-corrected chi connectivity index (χ3v) is 5.18. The summed E-state index contributed by atoms with van der Waals surface area (Å²) in [4.78, 5) is 0. The van der Waals surface area contributed by atoms with Crippen LogP contribution in [0.4, 0.5) is 0 Å². The highest BCUT2D eigenvalue weighted by atomic mass is 16.5. The number of ether oxygens (including phenoxy) is 1. The van der Waals surface area contributed by atoms with Crippen LogP contribution in [0.3, 0.4) is 0 Å². The van der Waals surface area contributed by atoms with Gasteiger partial charge >= 0.3 is 0 Å². The molecule has 1 aliphatic carbocycles. The van der Waals surface area contributed by atoms with Crippen LogP contribution in [0.5, 0.6) is 5.75 Å². The first-order valence-electron chi connectivity index (χ1n) is 8.17. The van der Waals surface area contributed by atoms with Gasteiger partial charge in [-0.3, -0.25) is 0 Å². The predicted octanol–water partition coefficient (Wildman–Crippen LogP) is 6.06. The Kier molecular flexibility index (Phi) is 4.30. The molecular formula is C21H30O. The lowest BCUT2D eigenvalue weighted by Gasteiger charge is -2.26. The molecule has 1 nitrogen and oxygen atoms in total. The Bertz CT molecular complexity index is 666. The van der Waals surface area contributed by atoms with E-state index in [0.717, 1.165) is 5.75 Å². The topological polar surface area (TPSA) is 9.23 Å². The fraction of sp³-hybridized carbons (Fsp3) is 0.524. The van der Waals surface area contributed by atoms with Crippen molar-refractivity contribution in [2.24, 2.45) is 5.92 Å². The normalized spacial score (nSPS) is 19.2. The molecule has 0 heterocycles. The molecule has 1 aromatic rings. The van der Waals surface area contributed by atoms with Gasteiger partial charge in [-0.1, -0.05) is 39.3 Å². The third kappa shape index (κ3) is 2.62. The smallest absolute Gasteiger partial charge is 0.130 e. The van der Waals surface area contributed by atoms with Crippen LogP contribution in [-0.4, -0.2) is 7.11 Å². The molecular weight excluding hydrogens is 268 g/mol. The van der Waals surface area contributed by atoms with Crippen LogP contribution in [0.1, 0.15) is 65.2 Å². The lowest BCUT2D eigenvalue weighted by atomic mass is 9.81. The Morgan fingerprint density at radius 1 is 0.955 bits per heavy atom. The molecule has 0 aliphatic heterocycles. The van der Waals surface area contributed by atoms with E-state index in [4.69, 9.17) is 4.74 Å². The van der Waals surface area contributed by atoms with E-state index in [1.54, 1.807) is 7.11 Å². The highest BCUT2D eigenvalue weighted by Crippen LogP contribution is 2.47. The summed E-state index contributed by atoms with van der Waals surface area (Å²) in [6.45, 7) is 18.0. The van der Waals surface area contributed by atoms with E-state index < -0.39 is 0 Å². The molecule has 1 aliphatic rings. The Balaban J connectivity index is 2.76. The van der Waals surface area contributed by atoms with Gasteiger partial charge in [0, 0.05) is 17.0 Å². The lowest BCUT2D eigenvalue weighted by molar-refractivity contribution is 0.395. The van der Waals surface area contributed by atoms with Crippen molar-refractivity contribution in [2.45, 2.75) is 60.8 Å². The van der Waals surface area contributed by atoms with Gasteiger partial charge < -0.3 is 4.74 Å². The molecule has 0 saturated heterocycles. The van der Waals surface area contributed by atoms with E-state index in [-0.39, 0.29) is 5.41 Å². The van der Waals surface area contributed by atoms with Crippen LogP contribution < -0.4 is 4.74 Å². The first kappa shape index (κ1) is 16.9. The number of aryl methyl sites for hydroxylation is 1. The Morgan fingerprint density at radius 2 is 1.55 bits per heavy atom. The molecule has 0 aromatic heterocycles. The molecule has 0 fully saturated rings. The number of rotatable bonds is 2. The summed E-state index contributed by atoms with van der Waals surface area (Å²) in [5.41, 5.74) is 9.69. The zero-order valence-corrected chi connectivity index (χ0v) is 15.6. The summed E-state index contributed by atoms with van der Waals surface area (Å²) in [6, 6.07) is 4.56. The van der Waals surface area contributed by atoms with Crippen LogP contribution in [0.2, 0.25) is 0 Å². The summed E-state index contributed by atoms with van der Waals surface area (Å²) < 4.78 is 5.88. The van der Waals surface area contributed by atoms with Gasteiger partial charge in [-0.2, -0.15) is 0 Å². The fourth-order valence-electron chi connectivity index (χ4n) is 3.55. The van der Waals surface area contributed by atoms with Crippen LogP contribution in [-0.2, 0) is 5.41 Å². The molecule has 0 amide bonds. The van der Waals surface area contributed by atoms with Gasteiger partial charge in [0.05, 0.1) is 7.11 Å². The minimum absolute atomic E-state index is 0.0694. The number of benzene rings is 1. The minimum Gasteiger partial charge on any atom is -0.496 e. The molecule has 0 saturated carbocycles. The van der Waals surface area contributed by atoms with Gasteiger partial charge in [0.15, 0.2) is 0 Å². The largest absolute Gasteiger partial charge is 0.496 e. The van der Waals surface area contributed by atoms with Gasteiger partial charge in [0.1, 0.15) is 5.75 Å². The lowest BCUT2D eigenvalue weighted by Crippen LogP contribution is -2.15. The van der Waals surface area contributed by atoms with E-state index >= 15 is 0 Å². The highest BCUT2D eigenvalue weighted by molar-refractivity contribution is 5.83. The quantitative estimate of drug-likeness (QED) is 0.644. The fourth-order valence-corrected chi connectivity index (χ4v) is 3.55. The molecule has 0 spiro atoms. The van der Waals surface area contributed by atoms with E-state index in [1.807, 2.05) is 0 Å². The summed E-state index contributed by atoms with van der Waals surface area (Å²) in [6.07, 6.45) is 0. The first-order valence-corrected chi connectivity index (χ1v) is 8.17. The third-order valence-electron chi connectivity index (χ3n) is 5.18. The van der Waals surface area contributed by atoms with Crippen molar-refractivity contribution in [2.75, 3.05) is 7.11 Å². The SMILES string of the molecule is COc1c(C2=C(C)C(C)=C(C)C2C)cc(C)cc1C(C)(C)C. The molecule has 2 rings (SSSR count). The second kappa shape index (κ2) is 5.61. The molecule has 120 valence electrons. The Morgan fingerprint density at radius 3 is 1.95 bits per heavy atom. The molecule has 0 radical (unpaired) electrons. The average molecular weight is 298 g/mol. The second-order valence-electron chi connectivity index (χ2n) is 7.71. The predicted molar refractivity (Wildman–Crippen MR) is 96.6 cm³/mol. The minimum atomic E-state index is 0.0694.